The number of hydrogen-bond acceptors (Lipinski definition) is 9. The molecule has 0 saturated carbocycles. The van der Waals surface area contributed by atoms with Gasteiger partial charge in [-0.05, 0) is 30.9 Å². The first-order valence-electron chi connectivity index (χ1n) is 10.0. The number of nitrogens with zero attached hydrogens (tertiary/aromatic N) is 5. The molecule has 3 aromatic rings. The van der Waals surface area contributed by atoms with Crippen LogP contribution in [0.3, 0.4) is 0 Å². The van der Waals surface area contributed by atoms with Crippen LogP contribution in [-0.2, 0) is 16.1 Å². The maximum absolute atomic E-state index is 11.2. The van der Waals surface area contributed by atoms with Gasteiger partial charge in [0.05, 0.1) is 6.61 Å². The monoisotopic (exact) mass is 443 g/mol. The molecule has 10 heteroatoms. The largest absolute Gasteiger partial charge is 0.475 e. The second-order valence-corrected chi connectivity index (χ2v) is 8.10. The van der Waals surface area contributed by atoms with E-state index in [0.29, 0.717) is 35.8 Å². The van der Waals surface area contributed by atoms with Gasteiger partial charge in [-0.2, -0.15) is 9.50 Å². The summed E-state index contributed by atoms with van der Waals surface area (Å²) >= 11 is 1.46. The van der Waals surface area contributed by atoms with Crippen molar-refractivity contribution in [3.05, 3.63) is 41.6 Å². The molecule has 1 atom stereocenters. The molecule has 0 amide bonds. The fourth-order valence-electron chi connectivity index (χ4n) is 3.46. The predicted octanol–water partition coefficient (Wildman–Crippen LogP) is 2.36. The van der Waals surface area contributed by atoms with E-state index in [-0.39, 0.29) is 12.1 Å². The molecule has 1 aromatic carbocycles. The molecule has 1 unspecified atom stereocenters. The van der Waals surface area contributed by atoms with Crippen molar-refractivity contribution in [3.8, 4) is 11.6 Å². The lowest BCUT2D eigenvalue weighted by molar-refractivity contribution is -0.131. The molecular formula is C21H25N5O4S. The first-order chi connectivity index (χ1) is 15.0. The quantitative estimate of drug-likeness (QED) is 0.310. The summed E-state index contributed by atoms with van der Waals surface area (Å²) in [6, 6.07) is 9.45. The molecule has 0 bridgehead atoms. The fourth-order valence-corrected chi connectivity index (χ4v) is 3.80. The molecule has 4 rings (SSSR count). The van der Waals surface area contributed by atoms with E-state index in [9.17, 15) is 4.79 Å². The summed E-state index contributed by atoms with van der Waals surface area (Å²) in [5, 5.41) is 5.08. The van der Waals surface area contributed by atoms with Crippen LogP contribution in [0.15, 0.2) is 35.5 Å². The molecule has 1 aliphatic rings. The number of aromatic nitrogens is 4. The number of rotatable bonds is 7. The minimum absolute atomic E-state index is 0.0718. The molecule has 0 aliphatic carbocycles. The summed E-state index contributed by atoms with van der Waals surface area (Å²) in [6.45, 7) is 6.64. The Morgan fingerprint density at radius 1 is 1.32 bits per heavy atom. The Bertz CT molecular complexity index is 1070. The first-order valence-corrected chi connectivity index (χ1v) is 11.2. The zero-order chi connectivity index (χ0) is 21.8. The van der Waals surface area contributed by atoms with Crippen molar-refractivity contribution in [1.82, 2.24) is 24.5 Å². The maximum Gasteiger partial charge on any atom is 0.308 e. The predicted molar refractivity (Wildman–Crippen MR) is 116 cm³/mol. The Morgan fingerprint density at radius 3 is 3.00 bits per heavy atom. The van der Waals surface area contributed by atoms with Crippen molar-refractivity contribution >= 4 is 23.5 Å². The van der Waals surface area contributed by atoms with Crippen molar-refractivity contribution < 1.29 is 19.0 Å². The second-order valence-electron chi connectivity index (χ2n) is 7.33. The molecule has 1 fully saturated rings. The molecule has 9 nitrogen and oxygen atoms in total. The second kappa shape index (κ2) is 9.63. The van der Waals surface area contributed by atoms with Gasteiger partial charge in [-0.25, -0.2) is 4.98 Å². The number of fused-ring (bicyclic) bond motifs is 1. The van der Waals surface area contributed by atoms with Crippen LogP contribution in [0.25, 0.3) is 5.78 Å². The average Bonchev–Trinajstić information content (AvgIpc) is 3.15. The molecule has 3 heterocycles. The van der Waals surface area contributed by atoms with Gasteiger partial charge in [-0.15, -0.1) is 5.10 Å². The van der Waals surface area contributed by atoms with Gasteiger partial charge in [0.2, 0.25) is 11.0 Å². The SMILES string of the molecule is CSc1nc2nc(C)cc(OCC3CN(Cc4cccc(OC(C)=O)c4)CCO3)n2n1. The van der Waals surface area contributed by atoms with Crippen LogP contribution in [0.2, 0.25) is 0 Å². The van der Waals surface area contributed by atoms with Crippen molar-refractivity contribution in [2.24, 2.45) is 0 Å². The van der Waals surface area contributed by atoms with Gasteiger partial charge in [0.25, 0.3) is 5.78 Å². The summed E-state index contributed by atoms with van der Waals surface area (Å²) in [6.07, 6.45) is 1.85. The van der Waals surface area contributed by atoms with Crippen molar-refractivity contribution in [2.45, 2.75) is 31.7 Å². The number of hydrogen-bond donors (Lipinski definition) is 0. The lowest BCUT2D eigenvalue weighted by Gasteiger charge is -2.32. The van der Waals surface area contributed by atoms with E-state index in [1.807, 2.05) is 37.4 Å². The molecule has 0 N–H and O–H groups in total. The Balaban J connectivity index is 1.38. The molecule has 0 spiro atoms. The van der Waals surface area contributed by atoms with Crippen LogP contribution in [0, 0.1) is 6.92 Å². The minimum atomic E-state index is -0.321. The number of aryl methyl sites for hydroxylation is 1. The highest BCUT2D eigenvalue weighted by molar-refractivity contribution is 7.98. The van der Waals surface area contributed by atoms with Crippen LogP contribution < -0.4 is 9.47 Å². The van der Waals surface area contributed by atoms with Crippen LogP contribution in [0.1, 0.15) is 18.2 Å². The molecule has 0 radical (unpaired) electrons. The minimum Gasteiger partial charge on any atom is -0.475 e. The Labute approximate surface area is 184 Å². The van der Waals surface area contributed by atoms with E-state index < -0.39 is 0 Å². The Hall–Kier alpha value is -2.69. The van der Waals surface area contributed by atoms with Gasteiger partial charge in [-0.3, -0.25) is 9.69 Å². The van der Waals surface area contributed by atoms with Crippen molar-refractivity contribution in [2.75, 3.05) is 32.6 Å². The van der Waals surface area contributed by atoms with E-state index in [1.54, 1.807) is 10.6 Å². The zero-order valence-electron chi connectivity index (χ0n) is 17.8. The van der Waals surface area contributed by atoms with Gasteiger partial charge in [-0.1, -0.05) is 23.9 Å². The highest BCUT2D eigenvalue weighted by atomic mass is 32.2. The maximum atomic E-state index is 11.2. The number of ether oxygens (including phenoxy) is 3. The summed E-state index contributed by atoms with van der Waals surface area (Å²) in [5.74, 6) is 1.37. The molecule has 164 valence electrons. The number of carbonyl (C=O) groups is 1. The highest BCUT2D eigenvalue weighted by Crippen LogP contribution is 2.20. The van der Waals surface area contributed by atoms with Gasteiger partial charge < -0.3 is 14.2 Å². The fraction of sp³-hybridized carbons (Fsp3) is 0.429. The van der Waals surface area contributed by atoms with Gasteiger partial charge in [0, 0.05) is 38.3 Å². The van der Waals surface area contributed by atoms with Gasteiger partial charge in [0.15, 0.2) is 0 Å². The molecule has 1 aliphatic heterocycles. The summed E-state index contributed by atoms with van der Waals surface area (Å²) in [7, 11) is 0. The van der Waals surface area contributed by atoms with Gasteiger partial charge in [0.1, 0.15) is 18.5 Å². The van der Waals surface area contributed by atoms with Crippen LogP contribution in [0.5, 0.6) is 11.6 Å². The van der Waals surface area contributed by atoms with E-state index in [0.717, 1.165) is 30.9 Å². The van der Waals surface area contributed by atoms with E-state index in [2.05, 4.69) is 20.0 Å². The summed E-state index contributed by atoms with van der Waals surface area (Å²) in [4.78, 5) is 22.3. The van der Waals surface area contributed by atoms with Crippen LogP contribution in [0.4, 0.5) is 0 Å². The molecule has 31 heavy (non-hydrogen) atoms. The third kappa shape index (κ3) is 5.52. The zero-order valence-corrected chi connectivity index (χ0v) is 18.6. The summed E-state index contributed by atoms with van der Waals surface area (Å²) < 4.78 is 18.8. The van der Waals surface area contributed by atoms with Crippen LogP contribution >= 0.6 is 11.8 Å². The van der Waals surface area contributed by atoms with Gasteiger partial charge >= 0.3 is 5.97 Å². The number of morpholine rings is 1. The Morgan fingerprint density at radius 2 is 2.19 bits per heavy atom. The first kappa shape index (κ1) is 21.5. The number of thioether (sulfide) groups is 1. The summed E-state index contributed by atoms with van der Waals surface area (Å²) in [5.41, 5.74) is 1.90. The number of esters is 1. The van der Waals surface area contributed by atoms with E-state index in [1.165, 1.54) is 18.7 Å². The number of benzene rings is 1. The van der Waals surface area contributed by atoms with E-state index in [4.69, 9.17) is 14.2 Å². The molecule has 2 aromatic heterocycles. The topological polar surface area (TPSA) is 91.1 Å². The molecule has 1 saturated heterocycles. The average molecular weight is 444 g/mol. The standard InChI is InChI=1S/C21H25N5O4S/c1-14-9-19(26-20(22-14)23-21(24-26)31-3)29-13-18-12-25(7-8-28-18)11-16-5-4-6-17(10-16)30-15(2)27/h4-6,9-10,18H,7-8,11-13H2,1-3H3. The lowest BCUT2D eigenvalue weighted by atomic mass is 10.2. The normalized spacial score (nSPS) is 17.1. The smallest absolute Gasteiger partial charge is 0.308 e. The third-order valence-electron chi connectivity index (χ3n) is 4.78. The Kier molecular flexibility index (Phi) is 6.69. The van der Waals surface area contributed by atoms with Crippen molar-refractivity contribution in [1.29, 1.82) is 0 Å². The highest BCUT2D eigenvalue weighted by Gasteiger charge is 2.22. The van der Waals surface area contributed by atoms with Crippen LogP contribution in [-0.4, -0.2) is 69.1 Å². The number of carbonyl (C=O) groups excluding carboxylic acids is 1. The lowest BCUT2D eigenvalue weighted by Crippen LogP contribution is -2.44. The third-order valence-corrected chi connectivity index (χ3v) is 5.31. The van der Waals surface area contributed by atoms with Crippen molar-refractivity contribution in [3.63, 3.8) is 0 Å². The molecular weight excluding hydrogens is 418 g/mol. The van der Waals surface area contributed by atoms with E-state index >= 15 is 0 Å².